The van der Waals surface area contributed by atoms with Crippen LogP contribution in [0.5, 0.6) is 0 Å². The van der Waals surface area contributed by atoms with Crippen molar-refractivity contribution in [2.75, 3.05) is 11.1 Å². The molecule has 3 N–H and O–H groups in total. The molecule has 0 spiro atoms. The highest BCUT2D eigenvalue weighted by Crippen LogP contribution is 2.37. The van der Waals surface area contributed by atoms with Crippen LogP contribution in [0.2, 0.25) is 0 Å². The van der Waals surface area contributed by atoms with E-state index in [1.54, 1.807) is 19.1 Å². The van der Waals surface area contributed by atoms with Gasteiger partial charge < -0.3 is 15.5 Å². The Morgan fingerprint density at radius 1 is 1.36 bits per heavy atom. The topological polar surface area (TPSA) is 142 Å². The van der Waals surface area contributed by atoms with E-state index in [1.165, 1.54) is 17.6 Å². The molecule has 140 valence electrons. The number of nitrogen functional groups attached to an aromatic ring is 1. The third kappa shape index (κ3) is 3.83. The number of nitriles is 2. The number of hydrogen-bond acceptors (Lipinski definition) is 9. The van der Waals surface area contributed by atoms with Crippen LogP contribution >= 0.6 is 23.1 Å². The number of aromatic nitrogens is 2. The van der Waals surface area contributed by atoms with Crippen molar-refractivity contribution in [1.82, 2.24) is 9.97 Å². The third-order valence-corrected chi connectivity index (χ3v) is 5.65. The van der Waals surface area contributed by atoms with Crippen LogP contribution in [-0.2, 0) is 4.79 Å². The van der Waals surface area contributed by atoms with E-state index in [0.29, 0.717) is 10.9 Å². The fraction of sp³-hybridized carbons (Fsp3) is 0.167. The minimum Gasteiger partial charge on any atom is -0.464 e. The molecule has 0 fully saturated rings. The molecule has 0 radical (unpaired) electrons. The van der Waals surface area contributed by atoms with Crippen LogP contribution in [0.3, 0.4) is 0 Å². The van der Waals surface area contributed by atoms with Gasteiger partial charge in [0.1, 0.15) is 34.3 Å². The van der Waals surface area contributed by atoms with E-state index in [2.05, 4.69) is 21.4 Å². The lowest BCUT2D eigenvalue weighted by Gasteiger charge is -2.14. The third-order valence-electron chi connectivity index (χ3n) is 3.69. The van der Waals surface area contributed by atoms with Gasteiger partial charge in [0.25, 0.3) is 0 Å². The standard InChI is InChI=1S/C18H14N6O2S2/c1-9-8-27-18(22-9)24-16(25)10(2)28-17-12(7-20)14(13-4-3-5-26-13)11(6-19)15(21)23-17/h3-5,8,10H,1-2H3,(H2,21,23)(H,22,24,25). The summed E-state index contributed by atoms with van der Waals surface area (Å²) in [6.07, 6.45) is 1.44. The van der Waals surface area contributed by atoms with Crippen LogP contribution in [0.25, 0.3) is 11.3 Å². The summed E-state index contributed by atoms with van der Waals surface area (Å²) in [4.78, 5) is 20.8. The second-order valence-electron chi connectivity index (χ2n) is 5.67. The molecule has 0 aliphatic rings. The maximum atomic E-state index is 12.5. The first kappa shape index (κ1) is 19.4. The summed E-state index contributed by atoms with van der Waals surface area (Å²) in [5, 5.41) is 23.9. The van der Waals surface area contributed by atoms with E-state index in [1.807, 2.05) is 18.4 Å². The Morgan fingerprint density at radius 2 is 2.11 bits per heavy atom. The largest absolute Gasteiger partial charge is 0.464 e. The number of carbonyl (C=O) groups excluding carboxylic acids is 1. The quantitative estimate of drug-likeness (QED) is 0.608. The normalized spacial score (nSPS) is 11.4. The van der Waals surface area contributed by atoms with Crippen LogP contribution in [0.4, 0.5) is 10.9 Å². The zero-order chi connectivity index (χ0) is 20.3. The molecule has 0 aliphatic heterocycles. The molecule has 1 unspecified atom stereocenters. The summed E-state index contributed by atoms with van der Waals surface area (Å²) in [6.45, 7) is 3.52. The highest BCUT2D eigenvalue weighted by molar-refractivity contribution is 8.00. The van der Waals surface area contributed by atoms with Crippen molar-refractivity contribution >= 4 is 40.0 Å². The van der Waals surface area contributed by atoms with Gasteiger partial charge in [-0.3, -0.25) is 4.79 Å². The van der Waals surface area contributed by atoms with Crippen LogP contribution in [0.15, 0.2) is 33.2 Å². The monoisotopic (exact) mass is 410 g/mol. The number of thioether (sulfide) groups is 1. The lowest BCUT2D eigenvalue weighted by Crippen LogP contribution is -2.22. The molecule has 0 saturated heterocycles. The van der Waals surface area contributed by atoms with E-state index in [-0.39, 0.29) is 33.4 Å². The summed E-state index contributed by atoms with van der Waals surface area (Å²) in [6, 6.07) is 7.31. The van der Waals surface area contributed by atoms with Crippen molar-refractivity contribution in [2.45, 2.75) is 24.1 Å². The van der Waals surface area contributed by atoms with Gasteiger partial charge in [0.05, 0.1) is 28.3 Å². The van der Waals surface area contributed by atoms with E-state index < -0.39 is 5.25 Å². The summed E-state index contributed by atoms with van der Waals surface area (Å²) in [5.41, 5.74) is 7.22. The Hall–Kier alpha value is -3.34. The molecule has 1 amide bonds. The van der Waals surface area contributed by atoms with Gasteiger partial charge in [-0.05, 0) is 26.0 Å². The van der Waals surface area contributed by atoms with Gasteiger partial charge in [-0.1, -0.05) is 11.8 Å². The Morgan fingerprint density at radius 3 is 2.68 bits per heavy atom. The van der Waals surface area contributed by atoms with Crippen molar-refractivity contribution in [1.29, 1.82) is 10.5 Å². The molecule has 10 heteroatoms. The lowest BCUT2D eigenvalue weighted by molar-refractivity contribution is -0.115. The molecular formula is C18H14N6O2S2. The summed E-state index contributed by atoms with van der Waals surface area (Å²) >= 11 is 2.40. The molecule has 1 atom stereocenters. The molecule has 0 aromatic carbocycles. The SMILES string of the molecule is Cc1csc(NC(=O)C(C)Sc2nc(N)c(C#N)c(-c3ccco3)c2C#N)n1. The highest BCUT2D eigenvalue weighted by Gasteiger charge is 2.25. The Bertz CT molecular complexity index is 1110. The van der Waals surface area contributed by atoms with Crippen molar-refractivity contribution in [3.05, 3.63) is 40.6 Å². The fourth-order valence-corrected chi connectivity index (χ4v) is 4.00. The maximum absolute atomic E-state index is 12.5. The minimum atomic E-state index is -0.583. The fourth-order valence-electron chi connectivity index (χ4n) is 2.39. The number of nitrogens with zero attached hydrogens (tertiary/aromatic N) is 4. The number of anilines is 2. The number of hydrogen-bond donors (Lipinski definition) is 2. The van der Waals surface area contributed by atoms with Crippen molar-refractivity contribution in [3.63, 3.8) is 0 Å². The second-order valence-corrected chi connectivity index (χ2v) is 7.86. The average Bonchev–Trinajstić information content (AvgIpc) is 3.33. The first-order chi connectivity index (χ1) is 13.4. The average molecular weight is 410 g/mol. The van der Waals surface area contributed by atoms with Gasteiger partial charge in [-0.25, -0.2) is 9.97 Å². The number of nitrogens with one attached hydrogen (secondary N) is 1. The highest BCUT2D eigenvalue weighted by atomic mass is 32.2. The summed E-state index contributed by atoms with van der Waals surface area (Å²) in [5.74, 6) is 0.0190. The summed E-state index contributed by atoms with van der Waals surface area (Å²) < 4.78 is 5.37. The van der Waals surface area contributed by atoms with Crippen molar-refractivity contribution in [3.8, 4) is 23.5 Å². The van der Waals surface area contributed by atoms with E-state index >= 15 is 0 Å². The van der Waals surface area contributed by atoms with Gasteiger partial charge in [0, 0.05) is 5.38 Å². The molecule has 3 heterocycles. The maximum Gasteiger partial charge on any atom is 0.239 e. The van der Waals surface area contributed by atoms with Gasteiger partial charge in [0.2, 0.25) is 5.91 Å². The zero-order valence-electron chi connectivity index (χ0n) is 14.9. The van der Waals surface area contributed by atoms with Gasteiger partial charge in [0.15, 0.2) is 5.13 Å². The number of thiazole rings is 1. The number of nitrogens with two attached hydrogens (primary N) is 1. The van der Waals surface area contributed by atoms with Crippen LogP contribution < -0.4 is 11.1 Å². The second kappa shape index (κ2) is 8.13. The molecule has 0 saturated carbocycles. The number of amides is 1. The van der Waals surface area contributed by atoms with Crippen LogP contribution in [0.1, 0.15) is 23.7 Å². The first-order valence-corrected chi connectivity index (χ1v) is 9.77. The van der Waals surface area contributed by atoms with Gasteiger partial charge in [-0.2, -0.15) is 10.5 Å². The Labute approximate surface area is 169 Å². The Kier molecular flexibility index (Phi) is 5.64. The smallest absolute Gasteiger partial charge is 0.239 e. The van der Waals surface area contributed by atoms with Crippen LogP contribution in [0, 0.1) is 29.6 Å². The number of carbonyl (C=O) groups is 1. The number of pyridine rings is 1. The summed E-state index contributed by atoms with van der Waals surface area (Å²) in [7, 11) is 0. The number of aryl methyl sites for hydroxylation is 1. The predicted octanol–water partition coefficient (Wildman–Crippen LogP) is 3.55. The molecule has 0 aliphatic carbocycles. The number of furan rings is 1. The zero-order valence-corrected chi connectivity index (χ0v) is 16.5. The van der Waals surface area contributed by atoms with E-state index in [9.17, 15) is 15.3 Å². The molecule has 3 aromatic heterocycles. The Balaban J connectivity index is 1.95. The number of rotatable bonds is 5. The van der Waals surface area contributed by atoms with Crippen molar-refractivity contribution < 1.29 is 9.21 Å². The molecular weight excluding hydrogens is 396 g/mol. The van der Waals surface area contributed by atoms with Gasteiger partial charge >= 0.3 is 0 Å². The predicted molar refractivity (Wildman–Crippen MR) is 107 cm³/mol. The molecule has 3 rings (SSSR count). The lowest BCUT2D eigenvalue weighted by atomic mass is 10.0. The van der Waals surface area contributed by atoms with Crippen LogP contribution in [-0.4, -0.2) is 21.1 Å². The molecule has 3 aromatic rings. The molecule has 8 nitrogen and oxygen atoms in total. The van der Waals surface area contributed by atoms with Crippen molar-refractivity contribution in [2.24, 2.45) is 0 Å². The minimum absolute atomic E-state index is 0.0291. The van der Waals surface area contributed by atoms with Gasteiger partial charge in [-0.15, -0.1) is 11.3 Å². The van der Waals surface area contributed by atoms with E-state index in [4.69, 9.17) is 10.2 Å². The van der Waals surface area contributed by atoms with E-state index in [0.717, 1.165) is 17.5 Å². The molecule has 0 bridgehead atoms. The first-order valence-electron chi connectivity index (χ1n) is 8.01. The molecule has 28 heavy (non-hydrogen) atoms.